The first-order chi connectivity index (χ1) is 16.4. The highest BCUT2D eigenvalue weighted by Crippen LogP contribution is 2.35. The Morgan fingerprint density at radius 3 is 2.65 bits per heavy atom. The third kappa shape index (κ3) is 4.16. The standard InChI is InChI=1S/C26H26F2N4O2/c1-16-14-31(15-29-16)23-7-6-18(10-24(23)33-3)9-19-5-4-8-32-17(2)25(34-30-26(19)32)20-11-21(27)13-22(28)12-20/h6-7,9-15,17,25H,4-5,8H2,1-3H3/b19-9+/t17-,25?/m0/s1. The van der Waals surface area contributed by atoms with Crippen LogP contribution >= 0.6 is 0 Å². The van der Waals surface area contributed by atoms with Crippen LogP contribution in [0, 0.1) is 18.6 Å². The molecule has 2 aromatic carbocycles. The molecule has 2 atom stereocenters. The molecule has 0 spiro atoms. The predicted octanol–water partition coefficient (Wildman–Crippen LogP) is 5.42. The van der Waals surface area contributed by atoms with Gasteiger partial charge >= 0.3 is 0 Å². The van der Waals surface area contributed by atoms with E-state index in [4.69, 9.17) is 9.57 Å². The number of oxime groups is 1. The third-order valence-corrected chi connectivity index (χ3v) is 6.33. The highest BCUT2D eigenvalue weighted by molar-refractivity contribution is 6.03. The minimum absolute atomic E-state index is 0.126. The molecule has 0 aliphatic carbocycles. The van der Waals surface area contributed by atoms with Gasteiger partial charge in [0.25, 0.3) is 0 Å². The first kappa shape index (κ1) is 22.1. The van der Waals surface area contributed by atoms with E-state index in [-0.39, 0.29) is 6.04 Å². The van der Waals surface area contributed by atoms with Crippen molar-refractivity contribution in [2.45, 2.75) is 38.8 Å². The molecule has 1 fully saturated rings. The van der Waals surface area contributed by atoms with E-state index in [0.717, 1.165) is 59.6 Å². The monoisotopic (exact) mass is 464 g/mol. The second kappa shape index (κ2) is 8.93. The van der Waals surface area contributed by atoms with Crippen molar-refractivity contribution in [1.29, 1.82) is 0 Å². The molecule has 6 nitrogen and oxygen atoms in total. The van der Waals surface area contributed by atoms with E-state index in [0.29, 0.717) is 5.56 Å². The minimum Gasteiger partial charge on any atom is -0.495 e. The zero-order valence-electron chi connectivity index (χ0n) is 19.3. The van der Waals surface area contributed by atoms with Gasteiger partial charge < -0.3 is 19.0 Å². The number of rotatable bonds is 4. The molecule has 34 heavy (non-hydrogen) atoms. The lowest BCUT2D eigenvalue weighted by Gasteiger charge is -2.42. The Hall–Kier alpha value is -3.68. The maximum absolute atomic E-state index is 13.8. The number of nitrogens with zero attached hydrogens (tertiary/aromatic N) is 4. The fraction of sp³-hybridized carbons (Fsp3) is 0.308. The van der Waals surface area contributed by atoms with Crippen LogP contribution in [0.5, 0.6) is 5.75 Å². The van der Waals surface area contributed by atoms with Gasteiger partial charge in [0.1, 0.15) is 17.4 Å². The number of fused-ring (bicyclic) bond motifs is 1. The van der Waals surface area contributed by atoms with Gasteiger partial charge in [-0.3, -0.25) is 0 Å². The van der Waals surface area contributed by atoms with Crippen LogP contribution in [0.1, 0.15) is 42.7 Å². The third-order valence-electron chi connectivity index (χ3n) is 6.33. The Bertz CT molecular complexity index is 1260. The van der Waals surface area contributed by atoms with Crippen molar-refractivity contribution in [3.05, 3.63) is 83.0 Å². The number of hydrogen-bond donors (Lipinski definition) is 0. The Kier molecular flexibility index (Phi) is 5.81. The number of piperidine rings is 1. The molecule has 1 aromatic heterocycles. The van der Waals surface area contributed by atoms with Crippen molar-refractivity contribution in [3.63, 3.8) is 0 Å². The number of halogens is 2. The molecule has 0 amide bonds. The average molecular weight is 465 g/mol. The Morgan fingerprint density at radius 1 is 1.15 bits per heavy atom. The van der Waals surface area contributed by atoms with E-state index in [9.17, 15) is 8.78 Å². The number of amidine groups is 1. The fourth-order valence-corrected chi connectivity index (χ4v) is 4.67. The second-order valence-corrected chi connectivity index (χ2v) is 8.70. The molecule has 1 unspecified atom stereocenters. The van der Waals surface area contributed by atoms with E-state index < -0.39 is 17.7 Å². The molecule has 2 aliphatic rings. The van der Waals surface area contributed by atoms with Crippen LogP contribution in [-0.2, 0) is 4.84 Å². The molecule has 0 radical (unpaired) electrons. The van der Waals surface area contributed by atoms with Gasteiger partial charge in [0.15, 0.2) is 11.9 Å². The first-order valence-electron chi connectivity index (χ1n) is 11.3. The number of methoxy groups -OCH3 is 1. The lowest BCUT2D eigenvalue weighted by molar-refractivity contribution is -0.0158. The second-order valence-electron chi connectivity index (χ2n) is 8.70. The van der Waals surface area contributed by atoms with Crippen LogP contribution in [0.3, 0.4) is 0 Å². The zero-order valence-corrected chi connectivity index (χ0v) is 19.3. The van der Waals surface area contributed by atoms with Gasteiger partial charge in [-0.15, -0.1) is 0 Å². The Labute approximate surface area is 197 Å². The first-order valence-corrected chi connectivity index (χ1v) is 11.3. The average Bonchev–Trinajstić information content (AvgIpc) is 3.25. The largest absolute Gasteiger partial charge is 0.495 e. The van der Waals surface area contributed by atoms with Crippen molar-refractivity contribution in [1.82, 2.24) is 14.5 Å². The molecule has 1 saturated heterocycles. The van der Waals surface area contributed by atoms with Crippen LogP contribution in [0.2, 0.25) is 0 Å². The SMILES string of the molecule is COc1cc(/C=C2\CCCN3C2=NOC(c2cc(F)cc(F)c2)[C@@H]3C)ccc1-n1cnc(C)c1. The molecule has 8 heteroatoms. The highest BCUT2D eigenvalue weighted by atomic mass is 19.1. The number of hydrogen-bond acceptors (Lipinski definition) is 5. The molecule has 3 heterocycles. The maximum Gasteiger partial charge on any atom is 0.172 e. The van der Waals surface area contributed by atoms with Gasteiger partial charge in [-0.05, 0) is 68.2 Å². The summed E-state index contributed by atoms with van der Waals surface area (Å²) >= 11 is 0. The summed E-state index contributed by atoms with van der Waals surface area (Å²) < 4.78 is 35.1. The smallest absolute Gasteiger partial charge is 0.172 e. The molecule has 3 aromatic rings. The number of aromatic nitrogens is 2. The van der Waals surface area contributed by atoms with Crippen LogP contribution in [0.25, 0.3) is 11.8 Å². The summed E-state index contributed by atoms with van der Waals surface area (Å²) in [5, 5.41) is 4.39. The summed E-state index contributed by atoms with van der Waals surface area (Å²) in [4.78, 5) is 12.2. The number of ether oxygens (including phenoxy) is 1. The van der Waals surface area contributed by atoms with Crippen LogP contribution in [-0.4, -0.2) is 40.0 Å². The predicted molar refractivity (Wildman–Crippen MR) is 126 cm³/mol. The molecule has 0 N–H and O–H groups in total. The van der Waals surface area contributed by atoms with E-state index in [2.05, 4.69) is 21.1 Å². The molecule has 5 rings (SSSR count). The Balaban J connectivity index is 1.45. The molecular formula is C26H26F2N4O2. The number of imidazole rings is 1. The van der Waals surface area contributed by atoms with Crippen LogP contribution < -0.4 is 4.74 Å². The van der Waals surface area contributed by atoms with Gasteiger partial charge in [-0.25, -0.2) is 13.8 Å². The van der Waals surface area contributed by atoms with Crippen LogP contribution in [0.15, 0.2) is 59.7 Å². The van der Waals surface area contributed by atoms with E-state index in [1.165, 1.54) is 12.1 Å². The summed E-state index contributed by atoms with van der Waals surface area (Å²) in [6.45, 7) is 4.74. The maximum atomic E-state index is 13.8. The summed E-state index contributed by atoms with van der Waals surface area (Å²) in [7, 11) is 1.65. The van der Waals surface area contributed by atoms with Crippen molar-refractivity contribution >= 4 is 11.9 Å². The zero-order chi connectivity index (χ0) is 23.8. The van der Waals surface area contributed by atoms with Gasteiger partial charge in [0.2, 0.25) is 0 Å². The van der Waals surface area contributed by atoms with Crippen molar-refractivity contribution in [2.24, 2.45) is 5.16 Å². The summed E-state index contributed by atoms with van der Waals surface area (Å²) in [6, 6.07) is 9.37. The molecule has 176 valence electrons. The lowest BCUT2D eigenvalue weighted by atomic mass is 9.95. The Morgan fingerprint density at radius 2 is 1.94 bits per heavy atom. The number of aryl methyl sites for hydroxylation is 1. The number of benzene rings is 2. The van der Waals surface area contributed by atoms with Gasteiger partial charge in [-0.2, -0.15) is 0 Å². The van der Waals surface area contributed by atoms with E-state index in [1.807, 2.05) is 42.8 Å². The molecular weight excluding hydrogens is 438 g/mol. The normalized spacial score (nSPS) is 21.1. The van der Waals surface area contributed by atoms with Gasteiger partial charge in [0.05, 0.1) is 30.9 Å². The fourth-order valence-electron chi connectivity index (χ4n) is 4.67. The summed E-state index contributed by atoms with van der Waals surface area (Å²) in [5.74, 6) is 0.258. The van der Waals surface area contributed by atoms with E-state index in [1.54, 1.807) is 13.4 Å². The molecule has 0 saturated carbocycles. The van der Waals surface area contributed by atoms with Gasteiger partial charge in [-0.1, -0.05) is 11.2 Å². The molecule has 2 aliphatic heterocycles. The van der Waals surface area contributed by atoms with Crippen molar-refractivity contribution in [2.75, 3.05) is 13.7 Å². The van der Waals surface area contributed by atoms with Crippen molar-refractivity contribution in [3.8, 4) is 11.4 Å². The van der Waals surface area contributed by atoms with Crippen LogP contribution in [0.4, 0.5) is 8.78 Å². The van der Waals surface area contributed by atoms with E-state index >= 15 is 0 Å². The summed E-state index contributed by atoms with van der Waals surface area (Å²) in [5.41, 5.74) is 4.32. The quantitative estimate of drug-likeness (QED) is 0.517. The topological polar surface area (TPSA) is 51.9 Å². The lowest BCUT2D eigenvalue weighted by Crippen LogP contribution is -2.49. The molecule has 0 bridgehead atoms. The summed E-state index contributed by atoms with van der Waals surface area (Å²) in [6.07, 6.45) is 7.06. The van der Waals surface area contributed by atoms with Gasteiger partial charge in [0, 0.05) is 24.4 Å². The minimum atomic E-state index is -0.622. The van der Waals surface area contributed by atoms with Crippen molar-refractivity contribution < 1.29 is 18.4 Å². The highest BCUT2D eigenvalue weighted by Gasteiger charge is 2.37.